The van der Waals surface area contributed by atoms with Crippen LogP contribution in [0.1, 0.15) is 11.1 Å². The van der Waals surface area contributed by atoms with E-state index in [1.165, 1.54) is 7.11 Å². The Hall–Kier alpha value is -2.63. The number of hydrogen-bond donors (Lipinski definition) is 1. The van der Waals surface area contributed by atoms with E-state index in [4.69, 9.17) is 16.3 Å². The van der Waals surface area contributed by atoms with Crippen molar-refractivity contribution >= 4 is 17.4 Å². The Morgan fingerprint density at radius 1 is 1.21 bits per heavy atom. The van der Waals surface area contributed by atoms with Crippen molar-refractivity contribution in [1.29, 1.82) is 0 Å². The molecule has 1 fully saturated rings. The maximum Gasteiger partial charge on any atom is 0.138 e. The number of rotatable bonds is 5. The zero-order valence-corrected chi connectivity index (χ0v) is 16.2. The van der Waals surface area contributed by atoms with Gasteiger partial charge in [0.2, 0.25) is 0 Å². The van der Waals surface area contributed by atoms with Crippen molar-refractivity contribution in [2.24, 2.45) is 0 Å². The summed E-state index contributed by atoms with van der Waals surface area (Å²) in [5, 5.41) is 9.95. The number of aromatic nitrogens is 1. The lowest BCUT2D eigenvalue weighted by Gasteiger charge is -2.36. The molecule has 2 heterocycles. The number of ether oxygens (including phenoxy) is 1. The van der Waals surface area contributed by atoms with Gasteiger partial charge in [-0.2, -0.15) is 0 Å². The van der Waals surface area contributed by atoms with Gasteiger partial charge in [0.15, 0.2) is 0 Å². The summed E-state index contributed by atoms with van der Waals surface area (Å²) >= 11 is 6.09. The van der Waals surface area contributed by atoms with E-state index in [-0.39, 0.29) is 11.9 Å². The van der Waals surface area contributed by atoms with E-state index >= 15 is 4.39 Å². The van der Waals surface area contributed by atoms with Crippen LogP contribution in [0.4, 0.5) is 10.2 Å². The summed E-state index contributed by atoms with van der Waals surface area (Å²) in [7, 11) is 1.53. The minimum Gasteiger partial charge on any atom is -0.496 e. The zero-order chi connectivity index (χ0) is 19.7. The SMILES string of the molecule is COc1ccc(Cc2ccc(N3CC(O)C3)nc2)c(F)c1-c1cccc(Cl)c1. The highest BCUT2D eigenvalue weighted by Crippen LogP contribution is 2.36. The van der Waals surface area contributed by atoms with Gasteiger partial charge in [-0.3, -0.25) is 0 Å². The third-order valence-electron chi connectivity index (χ3n) is 4.91. The molecule has 4 rings (SSSR count). The van der Waals surface area contributed by atoms with Crippen molar-refractivity contribution < 1.29 is 14.2 Å². The Morgan fingerprint density at radius 2 is 2.04 bits per heavy atom. The summed E-state index contributed by atoms with van der Waals surface area (Å²) in [6.45, 7) is 1.20. The van der Waals surface area contributed by atoms with Crippen LogP contribution < -0.4 is 9.64 Å². The normalized spacial score (nSPS) is 14.1. The molecule has 0 aliphatic carbocycles. The van der Waals surface area contributed by atoms with Crippen molar-refractivity contribution in [2.75, 3.05) is 25.1 Å². The molecule has 2 aromatic carbocycles. The Bertz CT molecular complexity index is 988. The molecule has 28 heavy (non-hydrogen) atoms. The number of methoxy groups -OCH3 is 1. The topological polar surface area (TPSA) is 45.6 Å². The minimum absolute atomic E-state index is 0.278. The Labute approximate surface area is 168 Å². The fourth-order valence-corrected chi connectivity index (χ4v) is 3.58. The number of hydrogen-bond acceptors (Lipinski definition) is 4. The Morgan fingerprint density at radius 3 is 2.68 bits per heavy atom. The van der Waals surface area contributed by atoms with Crippen LogP contribution in [-0.2, 0) is 6.42 Å². The van der Waals surface area contributed by atoms with Gasteiger partial charge in [0.1, 0.15) is 17.4 Å². The first-order valence-electron chi connectivity index (χ1n) is 9.04. The van der Waals surface area contributed by atoms with Gasteiger partial charge >= 0.3 is 0 Å². The second-order valence-corrected chi connectivity index (χ2v) is 7.32. The number of aliphatic hydroxyl groups is 1. The van der Waals surface area contributed by atoms with Crippen molar-refractivity contribution in [2.45, 2.75) is 12.5 Å². The molecule has 1 N–H and O–H groups in total. The van der Waals surface area contributed by atoms with Gasteiger partial charge in [-0.15, -0.1) is 0 Å². The van der Waals surface area contributed by atoms with E-state index < -0.39 is 0 Å². The van der Waals surface area contributed by atoms with Gasteiger partial charge in [-0.1, -0.05) is 35.9 Å². The van der Waals surface area contributed by atoms with Crippen molar-refractivity contribution in [3.05, 3.63) is 76.7 Å². The second-order valence-electron chi connectivity index (χ2n) is 6.89. The standard InChI is InChI=1S/C22H20ClFN2O2/c1-28-19-7-6-16(22(24)21(19)15-3-2-4-17(23)10-15)9-14-5-8-20(25-11-14)26-12-18(27)13-26/h2-8,10-11,18,27H,9,12-13H2,1H3. The number of pyridine rings is 1. The maximum absolute atomic E-state index is 15.4. The van der Waals surface area contributed by atoms with Crippen LogP contribution in [0.2, 0.25) is 5.02 Å². The lowest BCUT2D eigenvalue weighted by Crippen LogP contribution is -2.51. The molecule has 0 spiro atoms. The van der Waals surface area contributed by atoms with Crippen LogP contribution in [0.5, 0.6) is 5.75 Å². The molecular formula is C22H20ClFN2O2. The summed E-state index contributed by atoms with van der Waals surface area (Å²) in [4.78, 5) is 6.44. The first kappa shape index (κ1) is 18.7. The van der Waals surface area contributed by atoms with Crippen molar-refractivity contribution in [3.63, 3.8) is 0 Å². The molecule has 1 aliphatic rings. The quantitative estimate of drug-likeness (QED) is 0.695. The van der Waals surface area contributed by atoms with Gasteiger partial charge in [0, 0.05) is 30.7 Å². The molecule has 0 atom stereocenters. The number of β-amino-alcohol motifs (C(OH)–C–C–N with tert-alkyl or cyclic N) is 1. The number of aliphatic hydroxyl groups excluding tert-OH is 1. The van der Waals surface area contributed by atoms with Crippen LogP contribution in [0.3, 0.4) is 0 Å². The minimum atomic E-state index is -0.323. The summed E-state index contributed by atoms with van der Waals surface area (Å²) in [6.07, 6.45) is 1.89. The van der Waals surface area contributed by atoms with Gasteiger partial charge in [0.25, 0.3) is 0 Å². The predicted octanol–water partition coefficient (Wildman–Crippen LogP) is 4.32. The number of halogens is 2. The summed E-state index contributed by atoms with van der Waals surface area (Å²) in [5.74, 6) is 0.966. The molecule has 0 saturated carbocycles. The van der Waals surface area contributed by atoms with E-state index in [2.05, 4.69) is 4.98 Å². The molecule has 0 bridgehead atoms. The average Bonchev–Trinajstić information content (AvgIpc) is 2.67. The number of nitrogens with zero attached hydrogens (tertiary/aromatic N) is 2. The molecule has 3 aromatic rings. The Balaban J connectivity index is 1.62. The van der Waals surface area contributed by atoms with E-state index in [1.807, 2.05) is 23.1 Å². The number of benzene rings is 2. The molecule has 0 radical (unpaired) electrons. The van der Waals surface area contributed by atoms with E-state index in [0.717, 1.165) is 11.4 Å². The van der Waals surface area contributed by atoms with Gasteiger partial charge in [-0.25, -0.2) is 9.37 Å². The van der Waals surface area contributed by atoms with Crippen molar-refractivity contribution in [3.8, 4) is 16.9 Å². The van der Waals surface area contributed by atoms with Gasteiger partial charge in [-0.05, 0) is 41.0 Å². The van der Waals surface area contributed by atoms with Crippen LogP contribution in [0.15, 0.2) is 54.7 Å². The monoisotopic (exact) mass is 398 g/mol. The summed E-state index contributed by atoms with van der Waals surface area (Å²) in [6, 6.07) is 14.4. The largest absolute Gasteiger partial charge is 0.496 e. The van der Waals surface area contributed by atoms with Crippen LogP contribution in [0, 0.1) is 5.82 Å². The summed E-state index contributed by atoms with van der Waals surface area (Å²) < 4.78 is 20.7. The molecule has 1 aromatic heterocycles. The first-order chi connectivity index (χ1) is 13.5. The molecule has 0 amide bonds. The van der Waals surface area contributed by atoms with E-state index in [9.17, 15) is 5.11 Å². The van der Waals surface area contributed by atoms with E-state index in [0.29, 0.717) is 47.0 Å². The molecule has 6 heteroatoms. The van der Waals surface area contributed by atoms with Gasteiger partial charge in [0.05, 0.1) is 18.8 Å². The molecule has 1 aliphatic heterocycles. The highest BCUT2D eigenvalue weighted by Gasteiger charge is 2.25. The highest BCUT2D eigenvalue weighted by molar-refractivity contribution is 6.30. The van der Waals surface area contributed by atoms with Crippen molar-refractivity contribution in [1.82, 2.24) is 4.98 Å². The zero-order valence-electron chi connectivity index (χ0n) is 15.4. The Kier molecular flexibility index (Phi) is 5.20. The van der Waals surface area contributed by atoms with E-state index in [1.54, 1.807) is 36.5 Å². The highest BCUT2D eigenvalue weighted by atomic mass is 35.5. The van der Waals surface area contributed by atoms with Crippen LogP contribution in [0.25, 0.3) is 11.1 Å². The average molecular weight is 399 g/mol. The predicted molar refractivity (Wildman–Crippen MR) is 109 cm³/mol. The smallest absolute Gasteiger partial charge is 0.138 e. The lowest BCUT2D eigenvalue weighted by atomic mass is 9.97. The first-order valence-corrected chi connectivity index (χ1v) is 9.42. The fraction of sp³-hybridized carbons (Fsp3) is 0.227. The molecule has 4 nitrogen and oxygen atoms in total. The summed E-state index contributed by atoms with van der Waals surface area (Å²) in [5.41, 5.74) is 2.55. The molecule has 1 saturated heterocycles. The maximum atomic E-state index is 15.4. The third-order valence-corrected chi connectivity index (χ3v) is 5.14. The number of anilines is 1. The van der Waals surface area contributed by atoms with Crippen LogP contribution in [-0.4, -0.2) is 36.4 Å². The van der Waals surface area contributed by atoms with Gasteiger partial charge < -0.3 is 14.7 Å². The molecule has 0 unspecified atom stereocenters. The molecular weight excluding hydrogens is 379 g/mol. The second kappa shape index (κ2) is 7.78. The third kappa shape index (κ3) is 3.68. The fourth-order valence-electron chi connectivity index (χ4n) is 3.39. The lowest BCUT2D eigenvalue weighted by molar-refractivity contribution is 0.141. The van der Waals surface area contributed by atoms with Crippen LogP contribution >= 0.6 is 11.6 Å². The molecule has 144 valence electrons.